The summed E-state index contributed by atoms with van der Waals surface area (Å²) in [4.78, 5) is 14.1. The fraction of sp³-hybridized carbons (Fsp3) is 0.500. The third kappa shape index (κ3) is 2.99. The minimum absolute atomic E-state index is 0.243. The molecule has 1 aliphatic heterocycles. The molecule has 1 aliphatic rings. The molecule has 1 aromatic rings. The van der Waals surface area contributed by atoms with Crippen molar-refractivity contribution in [3.63, 3.8) is 0 Å². The molecule has 0 saturated heterocycles. The maximum Gasteiger partial charge on any atom is 0.227 e. The van der Waals surface area contributed by atoms with E-state index in [-0.39, 0.29) is 5.91 Å². The van der Waals surface area contributed by atoms with Gasteiger partial charge in [-0.2, -0.15) is 0 Å². The number of fused-ring (bicyclic) bond motifs is 1. The highest BCUT2D eigenvalue weighted by Crippen LogP contribution is 2.18. The highest BCUT2D eigenvalue weighted by molar-refractivity contribution is 5.81. The predicted octanol–water partition coefficient (Wildman–Crippen LogP) is 2.14. The van der Waals surface area contributed by atoms with E-state index in [1.165, 1.54) is 0 Å². The average molecular weight is 232 g/mol. The van der Waals surface area contributed by atoms with E-state index in [0.717, 1.165) is 30.9 Å². The number of nitrogens with zero attached hydrogens (tertiary/aromatic N) is 1. The summed E-state index contributed by atoms with van der Waals surface area (Å²) in [5.74, 6) is 0.765. The molecule has 2 rings (SSSR count). The summed E-state index contributed by atoms with van der Waals surface area (Å²) in [6.07, 6.45) is 0.510. The highest BCUT2D eigenvalue weighted by Gasteiger charge is 2.18. The Morgan fingerprint density at radius 2 is 2.12 bits per heavy atom. The molecule has 1 aromatic carbocycles. The van der Waals surface area contributed by atoms with Gasteiger partial charge >= 0.3 is 0 Å². The molecule has 92 valence electrons. The van der Waals surface area contributed by atoms with Gasteiger partial charge < -0.3 is 10.2 Å². The van der Waals surface area contributed by atoms with Crippen molar-refractivity contribution < 1.29 is 4.79 Å². The Kier molecular flexibility index (Phi) is 3.67. The van der Waals surface area contributed by atoms with E-state index in [0.29, 0.717) is 12.3 Å². The Bertz CT molecular complexity index is 401. The number of carbonyl (C=O) groups excluding carboxylic acids is 1. The molecule has 1 N–H and O–H groups in total. The molecule has 17 heavy (non-hydrogen) atoms. The van der Waals surface area contributed by atoms with Crippen LogP contribution in [0, 0.1) is 5.92 Å². The van der Waals surface area contributed by atoms with Crippen molar-refractivity contribution in [1.29, 1.82) is 0 Å². The summed E-state index contributed by atoms with van der Waals surface area (Å²) < 4.78 is 0. The topological polar surface area (TPSA) is 32.3 Å². The van der Waals surface area contributed by atoms with E-state index in [2.05, 4.69) is 19.2 Å². The standard InChI is InChI=1S/C14H20N2O/c1-11(2)10-16-8-7-15-13-6-4-3-5-12(13)9-14(16)17/h3-6,11,15H,7-10H2,1-2H3. The van der Waals surface area contributed by atoms with Gasteiger partial charge in [-0.3, -0.25) is 4.79 Å². The zero-order chi connectivity index (χ0) is 12.3. The van der Waals surface area contributed by atoms with E-state index in [1.54, 1.807) is 0 Å². The molecule has 1 amide bonds. The lowest BCUT2D eigenvalue weighted by molar-refractivity contribution is -0.130. The maximum absolute atomic E-state index is 12.2. The number of nitrogens with one attached hydrogen (secondary N) is 1. The Balaban J connectivity index is 2.14. The van der Waals surface area contributed by atoms with Gasteiger partial charge in [0.25, 0.3) is 0 Å². The summed E-state index contributed by atoms with van der Waals surface area (Å²) in [6, 6.07) is 8.06. The van der Waals surface area contributed by atoms with Crippen molar-refractivity contribution in [2.75, 3.05) is 25.0 Å². The lowest BCUT2D eigenvalue weighted by Crippen LogP contribution is -2.40. The predicted molar refractivity (Wildman–Crippen MR) is 70.1 cm³/mol. The minimum atomic E-state index is 0.243. The van der Waals surface area contributed by atoms with Crippen LogP contribution in [0.5, 0.6) is 0 Å². The van der Waals surface area contributed by atoms with E-state index in [1.807, 2.05) is 29.2 Å². The van der Waals surface area contributed by atoms with Gasteiger partial charge in [-0.05, 0) is 17.5 Å². The van der Waals surface area contributed by atoms with Gasteiger partial charge in [0.15, 0.2) is 0 Å². The molecule has 3 nitrogen and oxygen atoms in total. The fourth-order valence-electron chi connectivity index (χ4n) is 2.21. The largest absolute Gasteiger partial charge is 0.383 e. The first kappa shape index (κ1) is 12.0. The van der Waals surface area contributed by atoms with Crippen LogP contribution in [0.1, 0.15) is 19.4 Å². The number of benzene rings is 1. The minimum Gasteiger partial charge on any atom is -0.383 e. The number of anilines is 1. The first-order chi connectivity index (χ1) is 8.16. The quantitative estimate of drug-likeness (QED) is 0.847. The molecule has 0 spiro atoms. The van der Waals surface area contributed by atoms with Gasteiger partial charge in [0.1, 0.15) is 0 Å². The van der Waals surface area contributed by atoms with Gasteiger partial charge in [0, 0.05) is 25.3 Å². The van der Waals surface area contributed by atoms with Crippen LogP contribution in [0.2, 0.25) is 0 Å². The van der Waals surface area contributed by atoms with E-state index >= 15 is 0 Å². The van der Waals surface area contributed by atoms with Crippen molar-refractivity contribution in [3.05, 3.63) is 29.8 Å². The fourth-order valence-corrected chi connectivity index (χ4v) is 2.21. The molecule has 1 heterocycles. The summed E-state index contributed by atoms with van der Waals surface area (Å²) in [5, 5.41) is 3.39. The molecule has 0 fully saturated rings. The van der Waals surface area contributed by atoms with E-state index in [9.17, 15) is 4.79 Å². The molecule has 0 radical (unpaired) electrons. The Labute approximate surface area is 103 Å². The lowest BCUT2D eigenvalue weighted by atomic mass is 10.1. The van der Waals surface area contributed by atoms with Gasteiger partial charge in [-0.1, -0.05) is 32.0 Å². The number of amides is 1. The molecular formula is C14H20N2O. The monoisotopic (exact) mass is 232 g/mol. The van der Waals surface area contributed by atoms with Crippen LogP contribution in [-0.2, 0) is 11.2 Å². The molecule has 0 bridgehead atoms. The number of hydrogen-bond donors (Lipinski definition) is 1. The van der Waals surface area contributed by atoms with Crippen molar-refractivity contribution in [2.45, 2.75) is 20.3 Å². The van der Waals surface area contributed by atoms with Gasteiger partial charge in [-0.25, -0.2) is 0 Å². The number of para-hydroxylation sites is 1. The van der Waals surface area contributed by atoms with Crippen LogP contribution < -0.4 is 5.32 Å². The number of rotatable bonds is 2. The third-order valence-electron chi connectivity index (χ3n) is 2.99. The average Bonchev–Trinajstić information content (AvgIpc) is 2.27. The first-order valence-corrected chi connectivity index (χ1v) is 6.26. The third-order valence-corrected chi connectivity index (χ3v) is 2.99. The van der Waals surface area contributed by atoms with Crippen molar-refractivity contribution in [3.8, 4) is 0 Å². The Hall–Kier alpha value is -1.51. The van der Waals surface area contributed by atoms with Gasteiger partial charge in [0.05, 0.1) is 6.42 Å². The Morgan fingerprint density at radius 3 is 2.88 bits per heavy atom. The maximum atomic E-state index is 12.2. The van der Waals surface area contributed by atoms with Crippen LogP contribution in [0.4, 0.5) is 5.69 Å². The number of hydrogen-bond acceptors (Lipinski definition) is 2. The molecule has 0 aromatic heterocycles. The molecular weight excluding hydrogens is 212 g/mol. The van der Waals surface area contributed by atoms with Crippen molar-refractivity contribution >= 4 is 11.6 Å². The summed E-state index contributed by atoms with van der Waals surface area (Å²) >= 11 is 0. The lowest BCUT2D eigenvalue weighted by Gasteiger charge is -2.28. The zero-order valence-electron chi connectivity index (χ0n) is 10.6. The molecule has 0 saturated carbocycles. The number of carbonyl (C=O) groups is 1. The first-order valence-electron chi connectivity index (χ1n) is 6.26. The molecule has 0 atom stereocenters. The van der Waals surface area contributed by atoms with Crippen LogP contribution >= 0.6 is 0 Å². The second kappa shape index (κ2) is 5.21. The summed E-state index contributed by atoms with van der Waals surface area (Å²) in [6.45, 7) is 6.77. The van der Waals surface area contributed by atoms with Crippen LogP contribution in [0.15, 0.2) is 24.3 Å². The highest BCUT2D eigenvalue weighted by atomic mass is 16.2. The van der Waals surface area contributed by atoms with E-state index in [4.69, 9.17) is 0 Å². The van der Waals surface area contributed by atoms with Gasteiger partial charge in [0.2, 0.25) is 5.91 Å². The normalized spacial score (nSPS) is 16.2. The van der Waals surface area contributed by atoms with Crippen molar-refractivity contribution in [1.82, 2.24) is 4.90 Å². The van der Waals surface area contributed by atoms with Crippen LogP contribution in [0.25, 0.3) is 0 Å². The van der Waals surface area contributed by atoms with E-state index < -0.39 is 0 Å². The molecule has 0 unspecified atom stereocenters. The summed E-state index contributed by atoms with van der Waals surface area (Å²) in [7, 11) is 0. The zero-order valence-corrected chi connectivity index (χ0v) is 10.6. The van der Waals surface area contributed by atoms with Crippen LogP contribution in [-0.4, -0.2) is 30.4 Å². The summed E-state index contributed by atoms with van der Waals surface area (Å²) in [5.41, 5.74) is 2.20. The Morgan fingerprint density at radius 1 is 1.35 bits per heavy atom. The molecule has 0 aliphatic carbocycles. The van der Waals surface area contributed by atoms with Crippen molar-refractivity contribution in [2.24, 2.45) is 5.92 Å². The second-order valence-corrected chi connectivity index (χ2v) is 4.99. The van der Waals surface area contributed by atoms with Crippen LogP contribution in [0.3, 0.4) is 0 Å². The molecule has 3 heteroatoms. The SMILES string of the molecule is CC(C)CN1CCNc2ccccc2CC1=O. The van der Waals surface area contributed by atoms with Gasteiger partial charge in [-0.15, -0.1) is 0 Å². The smallest absolute Gasteiger partial charge is 0.227 e. The second-order valence-electron chi connectivity index (χ2n) is 4.99.